The van der Waals surface area contributed by atoms with Gasteiger partial charge in [-0.1, -0.05) is 28.1 Å². The Morgan fingerprint density at radius 1 is 1.50 bits per heavy atom. The molecule has 0 spiro atoms. The van der Waals surface area contributed by atoms with Gasteiger partial charge in [-0.2, -0.15) is 0 Å². The number of ketones is 1. The number of hydrogen-bond donors (Lipinski definition) is 0. The molecule has 0 heterocycles. The first kappa shape index (κ1) is 12.3. The molecular weight excluding hydrogens is 292 g/mol. The second kappa shape index (κ2) is 4.60. The largest absolute Gasteiger partial charge is 0.289 e. The molecule has 0 unspecified atom stereocenters. The molecule has 2 rings (SSSR count). The van der Waals surface area contributed by atoms with Crippen LogP contribution in [0.3, 0.4) is 0 Å². The minimum atomic E-state index is -0.139. The van der Waals surface area contributed by atoms with Crippen molar-refractivity contribution < 1.29 is 4.79 Å². The van der Waals surface area contributed by atoms with E-state index in [9.17, 15) is 4.79 Å². The van der Waals surface area contributed by atoms with Crippen LogP contribution in [-0.4, -0.2) is 5.78 Å². The highest BCUT2D eigenvalue weighted by atomic mass is 79.9. The van der Waals surface area contributed by atoms with E-state index in [2.05, 4.69) is 20.8 Å². The maximum atomic E-state index is 12.2. The van der Waals surface area contributed by atoms with Gasteiger partial charge in [0.2, 0.25) is 0 Å². The van der Waals surface area contributed by atoms with Crippen molar-refractivity contribution >= 4 is 27.3 Å². The summed E-state index contributed by atoms with van der Waals surface area (Å²) in [6.07, 6.45) is 1.65. The number of carbonyl (C=O) groups is 1. The van der Waals surface area contributed by atoms with E-state index in [1.54, 1.807) is 31.2 Å². The molecule has 0 fully saturated rings. The Labute approximate surface area is 113 Å². The van der Waals surface area contributed by atoms with E-state index in [0.29, 0.717) is 22.3 Å². The van der Waals surface area contributed by atoms with Crippen molar-refractivity contribution in [1.82, 2.24) is 0 Å². The molecule has 0 saturated heterocycles. The molecule has 1 aromatic rings. The standard InChI is InChI=1S/C14H7BrN2O/c1-3-9-13(12(7-16)17-2)10-5-4-8(15)6-11(10)14(9)18/h3-6H,1H3/b9-3-,13-12+. The number of rotatable bonds is 0. The second-order valence-corrected chi connectivity index (χ2v) is 4.58. The summed E-state index contributed by atoms with van der Waals surface area (Å²) in [5.74, 6) is -0.139. The van der Waals surface area contributed by atoms with Crippen LogP contribution in [0.15, 0.2) is 40.0 Å². The number of Topliss-reactive ketones (excluding diaryl/α,β-unsaturated/α-hetero) is 1. The quantitative estimate of drug-likeness (QED) is 0.416. The van der Waals surface area contributed by atoms with Crippen molar-refractivity contribution in [2.75, 3.05) is 0 Å². The number of allylic oxidation sites excluding steroid dienone is 4. The number of benzene rings is 1. The molecule has 86 valence electrons. The Balaban J connectivity index is 2.87. The fourth-order valence-corrected chi connectivity index (χ4v) is 2.35. The number of hydrogen-bond acceptors (Lipinski definition) is 2. The van der Waals surface area contributed by atoms with Crippen molar-refractivity contribution in [3.8, 4) is 6.07 Å². The summed E-state index contributed by atoms with van der Waals surface area (Å²) >= 11 is 3.31. The minimum absolute atomic E-state index is 0.0440. The lowest BCUT2D eigenvalue weighted by Crippen LogP contribution is -1.94. The summed E-state index contributed by atoms with van der Waals surface area (Å²) in [5.41, 5.74) is 2.02. The van der Waals surface area contributed by atoms with Gasteiger partial charge in [0.1, 0.15) is 0 Å². The fourth-order valence-electron chi connectivity index (χ4n) is 1.99. The molecule has 0 aromatic heterocycles. The molecule has 4 heteroatoms. The molecule has 0 N–H and O–H groups in total. The first-order valence-electron chi connectivity index (χ1n) is 5.17. The molecule has 0 atom stereocenters. The normalized spacial score (nSPS) is 18.2. The summed E-state index contributed by atoms with van der Waals surface area (Å²) in [5, 5.41) is 9.00. The molecule has 1 aromatic carbocycles. The van der Waals surface area contributed by atoms with Crippen molar-refractivity contribution in [2.45, 2.75) is 6.92 Å². The Morgan fingerprint density at radius 3 is 2.78 bits per heavy atom. The van der Waals surface area contributed by atoms with Gasteiger partial charge in [-0.15, -0.1) is 0 Å². The van der Waals surface area contributed by atoms with Crippen LogP contribution < -0.4 is 0 Å². The van der Waals surface area contributed by atoms with E-state index in [0.717, 1.165) is 4.47 Å². The van der Waals surface area contributed by atoms with Gasteiger partial charge in [-0.3, -0.25) is 4.79 Å². The zero-order chi connectivity index (χ0) is 13.3. The number of nitriles is 1. The Hall–Kier alpha value is -2.17. The third kappa shape index (κ3) is 1.68. The smallest absolute Gasteiger partial charge is 0.270 e. The third-order valence-corrected chi connectivity index (χ3v) is 3.25. The maximum absolute atomic E-state index is 12.2. The van der Waals surface area contributed by atoms with Gasteiger partial charge in [0.05, 0.1) is 12.6 Å². The van der Waals surface area contributed by atoms with Gasteiger partial charge in [0, 0.05) is 21.2 Å². The van der Waals surface area contributed by atoms with E-state index in [1.165, 1.54) is 0 Å². The summed E-state index contributed by atoms with van der Waals surface area (Å²) in [6.45, 7) is 8.77. The lowest BCUT2D eigenvalue weighted by Gasteiger charge is -2.01. The van der Waals surface area contributed by atoms with E-state index in [1.807, 2.05) is 6.07 Å². The zero-order valence-corrected chi connectivity index (χ0v) is 11.1. The summed E-state index contributed by atoms with van der Waals surface area (Å²) in [7, 11) is 0. The topological polar surface area (TPSA) is 45.2 Å². The summed E-state index contributed by atoms with van der Waals surface area (Å²) in [6, 6.07) is 7.12. The number of halogens is 1. The molecule has 0 amide bonds. The Kier molecular flexibility index (Phi) is 3.14. The molecule has 0 radical (unpaired) electrons. The lowest BCUT2D eigenvalue weighted by molar-refractivity contribution is 0.104. The monoisotopic (exact) mass is 298 g/mol. The molecular formula is C14H7BrN2O. The van der Waals surface area contributed by atoms with Gasteiger partial charge in [0.25, 0.3) is 5.70 Å². The van der Waals surface area contributed by atoms with Gasteiger partial charge < -0.3 is 0 Å². The van der Waals surface area contributed by atoms with Crippen LogP contribution in [0.2, 0.25) is 0 Å². The lowest BCUT2D eigenvalue weighted by atomic mass is 10.0. The second-order valence-electron chi connectivity index (χ2n) is 3.67. The summed E-state index contributed by atoms with van der Waals surface area (Å²) in [4.78, 5) is 15.4. The average molecular weight is 299 g/mol. The first-order valence-corrected chi connectivity index (χ1v) is 5.96. The predicted octanol–water partition coefficient (Wildman–Crippen LogP) is 3.75. The predicted molar refractivity (Wildman–Crippen MR) is 71.4 cm³/mol. The maximum Gasteiger partial charge on any atom is 0.270 e. The molecule has 0 saturated carbocycles. The van der Waals surface area contributed by atoms with Crippen molar-refractivity contribution in [3.63, 3.8) is 0 Å². The average Bonchev–Trinajstić information content (AvgIpc) is 2.64. The highest BCUT2D eigenvalue weighted by Gasteiger charge is 2.31. The number of carbonyl (C=O) groups excluding carboxylic acids is 1. The first-order chi connectivity index (χ1) is 8.63. The number of fused-ring (bicyclic) bond motifs is 1. The molecule has 18 heavy (non-hydrogen) atoms. The van der Waals surface area contributed by atoms with Gasteiger partial charge >= 0.3 is 0 Å². The van der Waals surface area contributed by atoms with E-state index in [-0.39, 0.29) is 11.5 Å². The zero-order valence-electron chi connectivity index (χ0n) is 9.49. The van der Waals surface area contributed by atoms with Crippen LogP contribution >= 0.6 is 15.9 Å². The van der Waals surface area contributed by atoms with Crippen LogP contribution in [0.25, 0.3) is 10.4 Å². The molecule has 1 aliphatic carbocycles. The number of nitrogens with zero attached hydrogens (tertiary/aromatic N) is 2. The van der Waals surface area contributed by atoms with Crippen LogP contribution in [0.5, 0.6) is 0 Å². The SMILES string of the molecule is [C-]#[N+]/C(C#N)=C1\C(=C\C)C(=O)c2cc(Br)ccc21. The van der Waals surface area contributed by atoms with Crippen molar-refractivity contribution in [2.24, 2.45) is 0 Å². The van der Waals surface area contributed by atoms with Gasteiger partial charge in [-0.25, -0.2) is 10.1 Å². The fraction of sp³-hybridized carbons (Fsp3) is 0.0714. The molecule has 0 bridgehead atoms. The van der Waals surface area contributed by atoms with Crippen molar-refractivity contribution in [1.29, 1.82) is 5.26 Å². The molecule has 1 aliphatic rings. The van der Waals surface area contributed by atoms with E-state index >= 15 is 0 Å². The minimum Gasteiger partial charge on any atom is -0.289 e. The van der Waals surface area contributed by atoms with Crippen LogP contribution in [0, 0.1) is 17.9 Å². The summed E-state index contributed by atoms with van der Waals surface area (Å²) < 4.78 is 0.799. The van der Waals surface area contributed by atoms with Crippen LogP contribution in [-0.2, 0) is 0 Å². The Morgan fingerprint density at radius 2 is 2.22 bits per heavy atom. The Bertz CT molecular complexity index is 683. The van der Waals surface area contributed by atoms with Gasteiger partial charge in [0.15, 0.2) is 5.78 Å². The van der Waals surface area contributed by atoms with Gasteiger partial charge in [-0.05, 0) is 24.6 Å². The van der Waals surface area contributed by atoms with Crippen LogP contribution in [0.1, 0.15) is 22.8 Å². The van der Waals surface area contributed by atoms with Crippen LogP contribution in [0.4, 0.5) is 0 Å². The molecule has 3 nitrogen and oxygen atoms in total. The van der Waals surface area contributed by atoms with E-state index < -0.39 is 0 Å². The molecule has 0 aliphatic heterocycles. The van der Waals surface area contributed by atoms with Crippen molar-refractivity contribution in [3.05, 3.63) is 62.6 Å². The highest BCUT2D eigenvalue weighted by Crippen LogP contribution is 2.40. The third-order valence-electron chi connectivity index (χ3n) is 2.75. The highest BCUT2D eigenvalue weighted by molar-refractivity contribution is 9.10. The van der Waals surface area contributed by atoms with E-state index in [4.69, 9.17) is 11.8 Å².